The van der Waals surface area contributed by atoms with Gasteiger partial charge in [0.05, 0.1) is 12.3 Å². The van der Waals surface area contributed by atoms with E-state index in [9.17, 15) is 9.59 Å². The molecular formula is C25H28FN5O5. The Labute approximate surface area is 207 Å². The smallest absolute Gasteiger partial charge is 0.413 e. The van der Waals surface area contributed by atoms with Crippen molar-refractivity contribution in [3.8, 4) is 17.0 Å². The highest BCUT2D eigenvalue weighted by atomic mass is 19.1. The molecule has 3 aromatic rings. The second kappa shape index (κ2) is 10.6. The molecule has 2 aromatic heterocycles. The zero-order chi connectivity index (χ0) is 25.8. The number of carbonyl (C=O) groups is 2. The Hall–Kier alpha value is -4.15. The number of ether oxygens (including phenoxy) is 3. The topological polar surface area (TPSA) is 138 Å². The lowest BCUT2D eigenvalue weighted by Crippen LogP contribution is -2.24. The van der Waals surface area contributed by atoms with Gasteiger partial charge in [-0.05, 0) is 36.4 Å². The molecule has 0 saturated carbocycles. The number of pyridine rings is 2. The lowest BCUT2D eigenvalue weighted by molar-refractivity contribution is -0.141. The maximum atomic E-state index is 15.3. The number of benzene rings is 1. The van der Waals surface area contributed by atoms with Crippen molar-refractivity contribution in [2.24, 2.45) is 0 Å². The van der Waals surface area contributed by atoms with Crippen LogP contribution in [-0.2, 0) is 14.3 Å². The molecule has 0 bridgehead atoms. The summed E-state index contributed by atoms with van der Waals surface area (Å²) in [5, 5.41) is 6.83. The van der Waals surface area contributed by atoms with Crippen molar-refractivity contribution in [2.75, 3.05) is 36.1 Å². The Morgan fingerprint density at radius 1 is 1.28 bits per heavy atom. The van der Waals surface area contributed by atoms with Gasteiger partial charge < -0.3 is 25.3 Å². The van der Waals surface area contributed by atoms with Gasteiger partial charge in [-0.2, -0.15) is 0 Å². The molecule has 1 aliphatic heterocycles. The Morgan fingerprint density at radius 3 is 2.83 bits per heavy atom. The predicted molar refractivity (Wildman–Crippen MR) is 133 cm³/mol. The van der Waals surface area contributed by atoms with Gasteiger partial charge in [-0.3, -0.25) is 10.1 Å². The van der Waals surface area contributed by atoms with Crippen molar-refractivity contribution in [3.05, 3.63) is 35.9 Å². The van der Waals surface area contributed by atoms with E-state index in [1.807, 2.05) is 13.8 Å². The summed E-state index contributed by atoms with van der Waals surface area (Å²) in [7, 11) is 0. The molecule has 0 spiro atoms. The number of esters is 1. The molecule has 4 N–H and O–H groups in total. The Balaban J connectivity index is 1.58. The molecule has 3 heterocycles. The number of nitrogens with zero attached hydrogens (tertiary/aromatic N) is 2. The van der Waals surface area contributed by atoms with Crippen molar-refractivity contribution in [1.29, 1.82) is 0 Å². The van der Waals surface area contributed by atoms with Crippen LogP contribution in [0.4, 0.5) is 26.4 Å². The minimum Gasteiger partial charge on any atom is -0.474 e. The molecule has 1 aliphatic rings. The van der Waals surface area contributed by atoms with Gasteiger partial charge in [-0.15, -0.1) is 0 Å². The SMILES string of the molecule is CC[C@@H](CCOC(C)=O)OC(=O)Nc1cc2cc(-c3cnc4c(c3C)NCCO4)c(F)c(N)c2cn1. The number of hydrogen-bond donors (Lipinski definition) is 3. The molecule has 1 amide bonds. The highest BCUT2D eigenvalue weighted by Crippen LogP contribution is 2.39. The Bertz CT molecular complexity index is 1320. The minimum atomic E-state index is -0.701. The van der Waals surface area contributed by atoms with Gasteiger partial charge in [0.25, 0.3) is 0 Å². The van der Waals surface area contributed by atoms with E-state index in [1.54, 1.807) is 18.3 Å². The van der Waals surface area contributed by atoms with Gasteiger partial charge in [0, 0.05) is 48.8 Å². The molecule has 190 valence electrons. The number of nitrogen functional groups attached to an aromatic ring is 1. The molecule has 0 aliphatic carbocycles. The van der Waals surface area contributed by atoms with E-state index in [4.69, 9.17) is 19.9 Å². The fraction of sp³-hybridized carbons (Fsp3) is 0.360. The van der Waals surface area contributed by atoms with Crippen LogP contribution in [0.15, 0.2) is 24.5 Å². The standard InChI is InChI=1S/C25H28FN5O5/c1-4-16(5-7-34-14(3)32)36-25(33)31-20-10-15-9-17(21(26)22(27)19(15)12-29-20)18-11-30-24-23(13(18)2)28-6-8-35-24/h9-12,16,28H,4-8,27H2,1-3H3,(H,29,31,33)/t16-/m0/s1. The number of aromatic nitrogens is 2. The predicted octanol–water partition coefficient (Wildman–Crippen LogP) is 4.41. The number of carbonyl (C=O) groups excluding carboxylic acids is 2. The summed E-state index contributed by atoms with van der Waals surface area (Å²) in [5.74, 6) is -0.279. The number of nitrogens with one attached hydrogen (secondary N) is 2. The van der Waals surface area contributed by atoms with Crippen LogP contribution in [0.3, 0.4) is 0 Å². The summed E-state index contributed by atoms with van der Waals surface area (Å²) in [6.07, 6.45) is 2.75. The van der Waals surface area contributed by atoms with Crippen LogP contribution in [0, 0.1) is 12.7 Å². The van der Waals surface area contributed by atoms with Gasteiger partial charge in [0.2, 0.25) is 5.88 Å². The number of nitrogens with two attached hydrogens (primary N) is 1. The monoisotopic (exact) mass is 497 g/mol. The van der Waals surface area contributed by atoms with Gasteiger partial charge in [-0.25, -0.2) is 19.2 Å². The molecule has 0 saturated heterocycles. The van der Waals surface area contributed by atoms with Crippen molar-refractivity contribution in [2.45, 2.75) is 39.7 Å². The van der Waals surface area contributed by atoms with E-state index in [0.29, 0.717) is 48.2 Å². The highest BCUT2D eigenvalue weighted by molar-refractivity contribution is 5.99. The normalized spacial score (nSPS) is 13.2. The van der Waals surface area contributed by atoms with Gasteiger partial charge in [0.1, 0.15) is 24.2 Å². The van der Waals surface area contributed by atoms with Crippen molar-refractivity contribution in [1.82, 2.24) is 9.97 Å². The first kappa shape index (κ1) is 25.0. The zero-order valence-electron chi connectivity index (χ0n) is 20.3. The van der Waals surface area contributed by atoms with E-state index in [1.165, 1.54) is 13.1 Å². The second-order valence-electron chi connectivity index (χ2n) is 8.38. The van der Waals surface area contributed by atoms with E-state index >= 15 is 4.39 Å². The summed E-state index contributed by atoms with van der Waals surface area (Å²) in [6.45, 7) is 6.32. The number of fused-ring (bicyclic) bond motifs is 2. The van der Waals surface area contributed by atoms with E-state index in [0.717, 1.165) is 11.3 Å². The van der Waals surface area contributed by atoms with Crippen molar-refractivity contribution in [3.63, 3.8) is 0 Å². The third-order valence-electron chi connectivity index (χ3n) is 5.94. The van der Waals surface area contributed by atoms with Crippen molar-refractivity contribution >= 4 is 40.0 Å². The van der Waals surface area contributed by atoms with Crippen LogP contribution in [-0.4, -0.2) is 47.9 Å². The summed E-state index contributed by atoms with van der Waals surface area (Å²) < 4.78 is 31.2. The summed E-state index contributed by atoms with van der Waals surface area (Å²) in [5.41, 5.74) is 8.42. The first-order valence-corrected chi connectivity index (χ1v) is 11.6. The maximum Gasteiger partial charge on any atom is 0.413 e. The van der Waals surface area contributed by atoms with Gasteiger partial charge in [0.15, 0.2) is 5.82 Å². The Morgan fingerprint density at radius 2 is 2.08 bits per heavy atom. The van der Waals surface area contributed by atoms with E-state index < -0.39 is 24.0 Å². The van der Waals surface area contributed by atoms with Crippen LogP contribution in [0.5, 0.6) is 5.88 Å². The van der Waals surface area contributed by atoms with Crippen LogP contribution >= 0.6 is 0 Å². The molecule has 1 aromatic carbocycles. The average molecular weight is 498 g/mol. The third kappa shape index (κ3) is 5.24. The quantitative estimate of drug-likeness (QED) is 0.320. The number of halogens is 1. The molecule has 4 rings (SSSR count). The first-order chi connectivity index (χ1) is 17.3. The molecule has 36 heavy (non-hydrogen) atoms. The average Bonchev–Trinajstić information content (AvgIpc) is 2.86. The van der Waals surface area contributed by atoms with E-state index in [2.05, 4.69) is 20.6 Å². The lowest BCUT2D eigenvalue weighted by Gasteiger charge is -2.22. The molecule has 11 heteroatoms. The fourth-order valence-corrected chi connectivity index (χ4v) is 4.02. The van der Waals surface area contributed by atoms with Crippen LogP contribution < -0.4 is 21.1 Å². The molecule has 1 atom stereocenters. The molecule has 0 unspecified atom stereocenters. The molecule has 0 fully saturated rings. The highest BCUT2D eigenvalue weighted by Gasteiger charge is 2.21. The van der Waals surface area contributed by atoms with E-state index in [-0.39, 0.29) is 23.7 Å². The number of anilines is 3. The lowest BCUT2D eigenvalue weighted by atomic mass is 9.97. The molecule has 0 radical (unpaired) electrons. The second-order valence-corrected chi connectivity index (χ2v) is 8.38. The fourth-order valence-electron chi connectivity index (χ4n) is 4.02. The summed E-state index contributed by atoms with van der Waals surface area (Å²) >= 11 is 0. The molecular weight excluding hydrogens is 469 g/mol. The summed E-state index contributed by atoms with van der Waals surface area (Å²) in [4.78, 5) is 31.8. The zero-order valence-corrected chi connectivity index (χ0v) is 20.3. The number of amides is 1. The first-order valence-electron chi connectivity index (χ1n) is 11.6. The van der Waals surface area contributed by atoms with Crippen LogP contribution in [0.2, 0.25) is 0 Å². The number of hydrogen-bond acceptors (Lipinski definition) is 9. The van der Waals surface area contributed by atoms with Crippen LogP contribution in [0.25, 0.3) is 21.9 Å². The van der Waals surface area contributed by atoms with Crippen molar-refractivity contribution < 1.29 is 28.2 Å². The maximum absolute atomic E-state index is 15.3. The van der Waals surface area contributed by atoms with Crippen LogP contribution in [0.1, 0.15) is 32.3 Å². The molecule has 10 nitrogen and oxygen atoms in total. The minimum absolute atomic E-state index is 0.0537. The number of rotatable bonds is 7. The third-order valence-corrected chi connectivity index (χ3v) is 5.94. The largest absolute Gasteiger partial charge is 0.474 e. The Kier molecular flexibility index (Phi) is 7.37. The van der Waals surface area contributed by atoms with Gasteiger partial charge >= 0.3 is 12.1 Å². The van der Waals surface area contributed by atoms with Gasteiger partial charge in [-0.1, -0.05) is 6.92 Å². The summed E-state index contributed by atoms with van der Waals surface area (Å²) in [6, 6.07) is 3.24.